The van der Waals surface area contributed by atoms with E-state index in [2.05, 4.69) is 30.0 Å². The Labute approximate surface area is 125 Å². The van der Waals surface area contributed by atoms with E-state index in [-0.39, 0.29) is 17.5 Å². The molecule has 1 heterocycles. The van der Waals surface area contributed by atoms with Crippen molar-refractivity contribution in [2.75, 3.05) is 19.6 Å². The number of hydrogen-bond donors (Lipinski definition) is 1. The molecule has 1 aliphatic carbocycles. The first-order chi connectivity index (χ1) is 10.1. The van der Waals surface area contributed by atoms with E-state index < -0.39 is 5.41 Å². The first kappa shape index (κ1) is 15.1. The van der Waals surface area contributed by atoms with Gasteiger partial charge in [-0.2, -0.15) is 15.8 Å². The lowest BCUT2D eigenvalue weighted by Crippen LogP contribution is -2.49. The summed E-state index contributed by atoms with van der Waals surface area (Å²) in [5.74, 6) is -0.157. The Bertz CT molecular complexity index is 609. The summed E-state index contributed by atoms with van der Waals surface area (Å²) in [5, 5.41) is 28.7. The summed E-state index contributed by atoms with van der Waals surface area (Å²) in [6.07, 6.45) is 2.71. The Morgan fingerprint density at radius 1 is 1.33 bits per heavy atom. The van der Waals surface area contributed by atoms with E-state index in [0.717, 1.165) is 25.2 Å². The topological polar surface area (TPSA) is 101 Å². The summed E-state index contributed by atoms with van der Waals surface area (Å²) in [6.45, 7) is 6.51. The number of rotatable bonds is 2. The Morgan fingerprint density at radius 2 is 2.00 bits per heavy atom. The molecule has 5 nitrogen and oxygen atoms in total. The van der Waals surface area contributed by atoms with Gasteiger partial charge in [0, 0.05) is 24.9 Å². The largest absolute Gasteiger partial charge is 0.399 e. The predicted octanol–water partition coefficient (Wildman–Crippen LogP) is 1.67. The maximum absolute atomic E-state index is 9.61. The second kappa shape index (κ2) is 5.60. The van der Waals surface area contributed by atoms with Crippen molar-refractivity contribution in [3.63, 3.8) is 0 Å². The third-order valence-electron chi connectivity index (χ3n) is 4.80. The molecule has 2 N–H and O–H groups in total. The average Bonchev–Trinajstić information content (AvgIpc) is 2.53. The van der Waals surface area contributed by atoms with Gasteiger partial charge in [0.2, 0.25) is 0 Å². The van der Waals surface area contributed by atoms with Crippen molar-refractivity contribution in [2.24, 2.45) is 23.0 Å². The van der Waals surface area contributed by atoms with E-state index in [4.69, 9.17) is 5.73 Å². The van der Waals surface area contributed by atoms with Gasteiger partial charge in [-0.05, 0) is 18.5 Å². The minimum Gasteiger partial charge on any atom is -0.399 e. The molecule has 0 radical (unpaired) electrons. The van der Waals surface area contributed by atoms with Gasteiger partial charge in [-0.25, -0.2) is 0 Å². The molecule has 108 valence electrons. The normalized spacial score (nSPS) is 27.9. The minimum atomic E-state index is -1.39. The molecule has 0 aromatic carbocycles. The monoisotopic (exact) mass is 281 g/mol. The van der Waals surface area contributed by atoms with Crippen LogP contribution in [-0.4, -0.2) is 24.5 Å². The summed E-state index contributed by atoms with van der Waals surface area (Å²) in [6, 6.07) is 6.33. The van der Waals surface area contributed by atoms with Crippen LogP contribution in [0.1, 0.15) is 20.3 Å². The van der Waals surface area contributed by atoms with Crippen LogP contribution in [-0.2, 0) is 0 Å². The number of fused-ring (bicyclic) bond motifs is 1. The van der Waals surface area contributed by atoms with Crippen LogP contribution in [0.15, 0.2) is 22.9 Å². The smallest absolute Gasteiger partial charge is 0.187 e. The lowest BCUT2D eigenvalue weighted by molar-refractivity contribution is 0.168. The number of hydrogen-bond acceptors (Lipinski definition) is 5. The molecule has 5 heteroatoms. The third-order valence-corrected chi connectivity index (χ3v) is 4.80. The summed E-state index contributed by atoms with van der Waals surface area (Å²) in [7, 11) is 0. The lowest BCUT2D eigenvalue weighted by Gasteiger charge is -2.45. The van der Waals surface area contributed by atoms with Gasteiger partial charge in [0.1, 0.15) is 6.07 Å². The maximum atomic E-state index is 9.61. The van der Waals surface area contributed by atoms with Crippen LogP contribution in [0.25, 0.3) is 0 Å². The van der Waals surface area contributed by atoms with Crippen molar-refractivity contribution >= 4 is 0 Å². The zero-order valence-corrected chi connectivity index (χ0v) is 12.4. The van der Waals surface area contributed by atoms with Crippen molar-refractivity contribution < 1.29 is 0 Å². The van der Waals surface area contributed by atoms with Gasteiger partial charge in [0.05, 0.1) is 23.4 Å². The molecule has 2 unspecified atom stereocenters. The predicted molar refractivity (Wildman–Crippen MR) is 78.0 cm³/mol. The number of likely N-dealkylation sites (N-methyl/N-ethyl adjacent to an activating group) is 1. The second-order valence-corrected chi connectivity index (χ2v) is 5.56. The third kappa shape index (κ3) is 2.00. The molecule has 21 heavy (non-hydrogen) atoms. The molecule has 1 aliphatic heterocycles. The number of nitriles is 3. The van der Waals surface area contributed by atoms with Gasteiger partial charge in [-0.15, -0.1) is 0 Å². The van der Waals surface area contributed by atoms with E-state index in [1.807, 2.05) is 13.0 Å². The molecule has 2 aliphatic rings. The van der Waals surface area contributed by atoms with E-state index in [9.17, 15) is 15.8 Å². The van der Waals surface area contributed by atoms with E-state index >= 15 is 0 Å². The number of nitrogens with zero attached hydrogens (tertiary/aromatic N) is 4. The first-order valence-electron chi connectivity index (χ1n) is 7.25. The van der Waals surface area contributed by atoms with E-state index in [1.165, 1.54) is 0 Å². The Kier molecular flexibility index (Phi) is 4.03. The first-order valence-corrected chi connectivity index (χ1v) is 7.25. The fourth-order valence-corrected chi connectivity index (χ4v) is 3.60. The van der Waals surface area contributed by atoms with Crippen molar-refractivity contribution in [2.45, 2.75) is 20.3 Å². The molecule has 2 rings (SSSR count). The highest BCUT2D eigenvalue weighted by molar-refractivity contribution is 5.56. The fraction of sp³-hybridized carbons (Fsp3) is 0.562. The summed E-state index contributed by atoms with van der Waals surface area (Å²) in [5.41, 5.74) is 6.09. The molecule has 0 aromatic rings. The quantitative estimate of drug-likeness (QED) is 0.829. The molecule has 0 saturated carbocycles. The van der Waals surface area contributed by atoms with Crippen molar-refractivity contribution in [1.82, 2.24) is 4.90 Å². The zero-order valence-electron chi connectivity index (χ0n) is 12.4. The van der Waals surface area contributed by atoms with Gasteiger partial charge >= 0.3 is 0 Å². The fourth-order valence-electron chi connectivity index (χ4n) is 3.60. The highest BCUT2D eigenvalue weighted by atomic mass is 15.1. The van der Waals surface area contributed by atoms with Gasteiger partial charge in [-0.1, -0.05) is 19.9 Å². The van der Waals surface area contributed by atoms with Gasteiger partial charge < -0.3 is 5.73 Å². The van der Waals surface area contributed by atoms with Crippen LogP contribution in [0.4, 0.5) is 0 Å². The minimum absolute atomic E-state index is 0.0185. The summed E-state index contributed by atoms with van der Waals surface area (Å²) < 4.78 is 0. The molecule has 0 amide bonds. The van der Waals surface area contributed by atoms with Gasteiger partial charge in [0.15, 0.2) is 5.41 Å². The molecule has 0 bridgehead atoms. The summed E-state index contributed by atoms with van der Waals surface area (Å²) >= 11 is 0. The van der Waals surface area contributed by atoms with Crippen LogP contribution in [0.2, 0.25) is 0 Å². The molecular formula is C16H19N5. The SMILES string of the molecule is CCC1C2CN(CC)CC=C2C(C#N)=C(N)C1(C#N)C#N. The highest BCUT2D eigenvalue weighted by Gasteiger charge is 2.52. The highest BCUT2D eigenvalue weighted by Crippen LogP contribution is 2.50. The van der Waals surface area contributed by atoms with Crippen LogP contribution in [0.3, 0.4) is 0 Å². The summed E-state index contributed by atoms with van der Waals surface area (Å²) in [4.78, 5) is 2.26. The van der Waals surface area contributed by atoms with Crippen molar-refractivity contribution in [1.29, 1.82) is 15.8 Å². The molecule has 0 saturated heterocycles. The van der Waals surface area contributed by atoms with E-state index in [1.54, 1.807) is 0 Å². The molecular weight excluding hydrogens is 262 g/mol. The van der Waals surface area contributed by atoms with Crippen LogP contribution < -0.4 is 5.73 Å². The molecule has 0 fully saturated rings. The maximum Gasteiger partial charge on any atom is 0.187 e. The molecule has 0 aromatic heterocycles. The Hall–Kier alpha value is -2.29. The van der Waals surface area contributed by atoms with Crippen LogP contribution in [0.5, 0.6) is 0 Å². The Balaban J connectivity index is 2.68. The number of allylic oxidation sites excluding steroid dienone is 2. The number of nitrogens with two attached hydrogens (primary N) is 1. The standard InChI is InChI=1S/C16H19N5/c1-3-14-13-8-21(4-2)6-5-11(13)12(7-17)15(20)16(14,9-18)10-19/h5,13-14H,3-4,6,8,20H2,1-2H3. The van der Waals surface area contributed by atoms with Gasteiger partial charge in [-0.3, -0.25) is 4.90 Å². The second-order valence-electron chi connectivity index (χ2n) is 5.56. The Morgan fingerprint density at radius 3 is 2.48 bits per heavy atom. The molecule has 2 atom stereocenters. The molecule has 0 spiro atoms. The van der Waals surface area contributed by atoms with Crippen LogP contribution >= 0.6 is 0 Å². The van der Waals surface area contributed by atoms with Crippen molar-refractivity contribution in [3.8, 4) is 18.2 Å². The van der Waals surface area contributed by atoms with Gasteiger partial charge in [0.25, 0.3) is 0 Å². The average molecular weight is 281 g/mol. The van der Waals surface area contributed by atoms with Crippen molar-refractivity contribution in [3.05, 3.63) is 22.9 Å². The zero-order chi connectivity index (χ0) is 15.6. The van der Waals surface area contributed by atoms with E-state index in [0.29, 0.717) is 12.0 Å². The lowest BCUT2D eigenvalue weighted by atomic mass is 9.59. The van der Waals surface area contributed by atoms with Crippen LogP contribution in [0, 0.1) is 51.2 Å².